The van der Waals surface area contributed by atoms with Gasteiger partial charge in [0.05, 0.1) is 24.9 Å². The summed E-state index contributed by atoms with van der Waals surface area (Å²) in [6, 6.07) is 5.40. The number of ether oxygens (including phenoxy) is 2. The molecule has 6 nitrogen and oxygen atoms in total. The van der Waals surface area contributed by atoms with E-state index < -0.39 is 0 Å². The number of morpholine rings is 1. The zero-order valence-corrected chi connectivity index (χ0v) is 13.6. The molecule has 6 heteroatoms. The molecular weight excluding hydrogens is 294 g/mol. The van der Waals surface area contributed by atoms with E-state index in [2.05, 4.69) is 15.5 Å². The maximum absolute atomic E-state index is 12.5. The number of nitrogens with zero attached hydrogens (tertiary/aromatic N) is 1. The van der Waals surface area contributed by atoms with Crippen LogP contribution in [0.1, 0.15) is 17.3 Å². The van der Waals surface area contributed by atoms with Crippen molar-refractivity contribution >= 4 is 11.5 Å². The van der Waals surface area contributed by atoms with E-state index in [-0.39, 0.29) is 11.8 Å². The van der Waals surface area contributed by atoms with Gasteiger partial charge >= 0.3 is 0 Å². The molecule has 0 bridgehead atoms. The van der Waals surface area contributed by atoms with Crippen LogP contribution in [0.5, 0.6) is 5.75 Å². The number of ketones is 1. The molecule has 0 radical (unpaired) electrons. The summed E-state index contributed by atoms with van der Waals surface area (Å²) in [7, 11) is 0. The van der Waals surface area contributed by atoms with Gasteiger partial charge in [-0.25, -0.2) is 0 Å². The first kappa shape index (κ1) is 16.2. The van der Waals surface area contributed by atoms with E-state index in [1.807, 2.05) is 25.1 Å². The average Bonchev–Trinajstić information content (AvgIpc) is 2.61. The molecule has 0 amide bonds. The van der Waals surface area contributed by atoms with Crippen molar-refractivity contribution in [1.82, 2.24) is 10.2 Å². The molecule has 2 aliphatic heterocycles. The van der Waals surface area contributed by atoms with Crippen LogP contribution in [-0.2, 0) is 4.74 Å². The Kier molecular flexibility index (Phi) is 5.48. The van der Waals surface area contributed by atoms with Crippen molar-refractivity contribution < 1.29 is 14.3 Å². The summed E-state index contributed by atoms with van der Waals surface area (Å²) in [5.41, 5.74) is 1.62. The highest BCUT2D eigenvalue weighted by Crippen LogP contribution is 2.28. The lowest BCUT2D eigenvalue weighted by Gasteiger charge is -2.27. The van der Waals surface area contributed by atoms with Gasteiger partial charge in [-0.3, -0.25) is 9.69 Å². The van der Waals surface area contributed by atoms with Gasteiger partial charge in [-0.2, -0.15) is 0 Å². The lowest BCUT2D eigenvalue weighted by Crippen LogP contribution is -2.43. The average molecular weight is 319 g/mol. The van der Waals surface area contributed by atoms with Crippen LogP contribution in [0.4, 0.5) is 5.69 Å². The molecule has 1 fully saturated rings. The predicted molar refractivity (Wildman–Crippen MR) is 89.5 cm³/mol. The predicted octanol–water partition coefficient (Wildman–Crippen LogP) is 0.984. The van der Waals surface area contributed by atoms with Gasteiger partial charge in [-0.15, -0.1) is 0 Å². The van der Waals surface area contributed by atoms with Crippen LogP contribution >= 0.6 is 0 Å². The third kappa shape index (κ3) is 4.22. The number of anilines is 1. The highest BCUT2D eigenvalue weighted by atomic mass is 16.5. The largest absolute Gasteiger partial charge is 0.490 e. The van der Waals surface area contributed by atoms with E-state index in [0.29, 0.717) is 12.2 Å². The molecule has 2 heterocycles. The number of carbonyl (C=O) groups is 1. The minimum atomic E-state index is -0.196. The second-order valence-electron chi connectivity index (χ2n) is 5.98. The van der Waals surface area contributed by atoms with Crippen LogP contribution in [0.3, 0.4) is 0 Å². The molecule has 126 valence electrons. The van der Waals surface area contributed by atoms with Crippen molar-refractivity contribution in [3.05, 3.63) is 23.8 Å². The number of rotatable bonds is 6. The monoisotopic (exact) mass is 319 g/mol. The molecule has 0 saturated carbocycles. The quantitative estimate of drug-likeness (QED) is 0.762. The van der Waals surface area contributed by atoms with Crippen LogP contribution in [-0.4, -0.2) is 69.3 Å². The fraction of sp³-hybridized carbons (Fsp3) is 0.588. The van der Waals surface area contributed by atoms with Crippen LogP contribution in [0.15, 0.2) is 18.2 Å². The summed E-state index contributed by atoms with van der Waals surface area (Å²) in [5, 5.41) is 6.59. The second kappa shape index (κ2) is 7.77. The first-order valence-electron chi connectivity index (χ1n) is 8.32. The Morgan fingerprint density at radius 1 is 1.35 bits per heavy atom. The fourth-order valence-corrected chi connectivity index (χ4v) is 2.90. The third-order valence-electron chi connectivity index (χ3n) is 4.31. The van der Waals surface area contributed by atoms with Crippen molar-refractivity contribution in [2.45, 2.75) is 13.0 Å². The third-order valence-corrected chi connectivity index (χ3v) is 4.31. The molecule has 1 unspecified atom stereocenters. The van der Waals surface area contributed by atoms with E-state index in [9.17, 15) is 4.79 Å². The highest BCUT2D eigenvalue weighted by Gasteiger charge is 2.18. The summed E-state index contributed by atoms with van der Waals surface area (Å²) >= 11 is 0. The lowest BCUT2D eigenvalue weighted by atomic mass is 10.0. The Labute approximate surface area is 137 Å². The molecule has 3 rings (SSSR count). The number of benzene rings is 1. The van der Waals surface area contributed by atoms with E-state index in [0.717, 1.165) is 57.4 Å². The van der Waals surface area contributed by atoms with Gasteiger partial charge in [0, 0.05) is 38.3 Å². The Morgan fingerprint density at radius 3 is 3.00 bits per heavy atom. The van der Waals surface area contributed by atoms with Gasteiger partial charge in [-0.05, 0) is 25.1 Å². The molecule has 0 aliphatic carbocycles. The Morgan fingerprint density at radius 2 is 2.17 bits per heavy atom. The summed E-state index contributed by atoms with van der Waals surface area (Å²) in [5.74, 6) is 0.933. The number of fused-ring (bicyclic) bond motifs is 1. The molecule has 2 aliphatic rings. The van der Waals surface area contributed by atoms with Crippen LogP contribution in [0.25, 0.3) is 0 Å². The lowest BCUT2D eigenvalue weighted by molar-refractivity contribution is 0.0381. The summed E-state index contributed by atoms with van der Waals surface area (Å²) in [6.07, 6.45) is 0. The number of Topliss-reactive ketones (excluding diaryl/α,β-unsaturated/α-hetero) is 1. The van der Waals surface area contributed by atoms with Crippen molar-refractivity contribution in [3.63, 3.8) is 0 Å². The fourth-order valence-electron chi connectivity index (χ4n) is 2.90. The van der Waals surface area contributed by atoms with Gasteiger partial charge < -0.3 is 20.1 Å². The standard InChI is InChI=1S/C17H25N3O3/c1-13(18-4-6-20-7-10-22-11-8-20)17(21)14-2-3-16-15(12-14)19-5-9-23-16/h2-3,12-13,18-19H,4-11H2,1H3. The van der Waals surface area contributed by atoms with Crippen molar-refractivity contribution in [1.29, 1.82) is 0 Å². The number of hydrogen-bond acceptors (Lipinski definition) is 6. The molecule has 23 heavy (non-hydrogen) atoms. The molecule has 1 atom stereocenters. The van der Waals surface area contributed by atoms with Gasteiger partial charge in [0.25, 0.3) is 0 Å². The van der Waals surface area contributed by atoms with Gasteiger partial charge in [0.15, 0.2) is 5.78 Å². The Hall–Kier alpha value is -1.63. The maximum atomic E-state index is 12.5. The second-order valence-corrected chi connectivity index (χ2v) is 5.98. The molecular formula is C17H25N3O3. The zero-order valence-electron chi connectivity index (χ0n) is 13.6. The van der Waals surface area contributed by atoms with Crippen LogP contribution < -0.4 is 15.4 Å². The van der Waals surface area contributed by atoms with Gasteiger partial charge in [0.1, 0.15) is 12.4 Å². The van der Waals surface area contributed by atoms with E-state index in [1.54, 1.807) is 0 Å². The molecule has 1 aromatic carbocycles. The van der Waals surface area contributed by atoms with E-state index in [4.69, 9.17) is 9.47 Å². The SMILES string of the molecule is CC(NCCN1CCOCC1)C(=O)c1ccc2c(c1)NCCO2. The molecule has 2 N–H and O–H groups in total. The maximum Gasteiger partial charge on any atom is 0.179 e. The minimum absolute atomic E-state index is 0.113. The van der Waals surface area contributed by atoms with Gasteiger partial charge in [-0.1, -0.05) is 0 Å². The Balaban J connectivity index is 1.50. The smallest absolute Gasteiger partial charge is 0.179 e. The number of nitrogens with one attached hydrogen (secondary N) is 2. The summed E-state index contributed by atoms with van der Waals surface area (Å²) in [6.45, 7) is 8.67. The minimum Gasteiger partial charge on any atom is -0.490 e. The van der Waals surface area contributed by atoms with E-state index >= 15 is 0 Å². The molecule has 0 aromatic heterocycles. The van der Waals surface area contributed by atoms with Crippen molar-refractivity contribution in [3.8, 4) is 5.75 Å². The zero-order chi connectivity index (χ0) is 16.1. The Bertz CT molecular complexity index is 544. The van der Waals surface area contributed by atoms with Crippen molar-refractivity contribution in [2.24, 2.45) is 0 Å². The van der Waals surface area contributed by atoms with Crippen LogP contribution in [0.2, 0.25) is 0 Å². The highest BCUT2D eigenvalue weighted by molar-refractivity contribution is 6.01. The number of carbonyl (C=O) groups excluding carboxylic acids is 1. The first-order valence-corrected chi connectivity index (χ1v) is 8.32. The molecule has 0 spiro atoms. The van der Waals surface area contributed by atoms with Crippen molar-refractivity contribution in [2.75, 3.05) is 57.9 Å². The van der Waals surface area contributed by atoms with Crippen LogP contribution in [0, 0.1) is 0 Å². The summed E-state index contributed by atoms with van der Waals surface area (Å²) < 4.78 is 10.9. The first-order chi connectivity index (χ1) is 11.2. The molecule has 1 aromatic rings. The number of hydrogen-bond donors (Lipinski definition) is 2. The summed E-state index contributed by atoms with van der Waals surface area (Å²) in [4.78, 5) is 14.9. The topological polar surface area (TPSA) is 62.8 Å². The molecule has 1 saturated heterocycles. The van der Waals surface area contributed by atoms with E-state index in [1.165, 1.54) is 0 Å². The van der Waals surface area contributed by atoms with Gasteiger partial charge in [0.2, 0.25) is 0 Å². The normalized spacial score (nSPS) is 19.3.